The highest BCUT2D eigenvalue weighted by Gasteiger charge is 2.21. The molecule has 1 aromatic rings. The maximum absolute atomic E-state index is 12.2. The zero-order valence-corrected chi connectivity index (χ0v) is 10.9. The maximum Gasteiger partial charge on any atom is 0.244 e. The van der Waals surface area contributed by atoms with Crippen molar-refractivity contribution in [3.05, 3.63) is 12.4 Å². The number of aromatic nitrogens is 3. The molecule has 1 aliphatic heterocycles. The second-order valence-electron chi connectivity index (χ2n) is 4.73. The SMILES string of the molecule is CCCN(CC1CCCN1)C(=O)Cn1ccnn1. The molecule has 2 heterocycles. The molecule has 6 heteroatoms. The average Bonchev–Trinajstić information content (AvgIpc) is 3.01. The van der Waals surface area contributed by atoms with Gasteiger partial charge in [-0.15, -0.1) is 5.10 Å². The zero-order chi connectivity index (χ0) is 12.8. The number of nitrogens with one attached hydrogen (secondary N) is 1. The zero-order valence-electron chi connectivity index (χ0n) is 10.9. The van der Waals surface area contributed by atoms with E-state index >= 15 is 0 Å². The fourth-order valence-corrected chi connectivity index (χ4v) is 2.32. The van der Waals surface area contributed by atoms with Crippen molar-refractivity contribution in [3.63, 3.8) is 0 Å². The van der Waals surface area contributed by atoms with E-state index < -0.39 is 0 Å². The van der Waals surface area contributed by atoms with Crippen LogP contribution in [0.25, 0.3) is 0 Å². The molecule has 1 amide bonds. The van der Waals surface area contributed by atoms with Crippen molar-refractivity contribution in [2.24, 2.45) is 0 Å². The molecule has 1 aromatic heterocycles. The van der Waals surface area contributed by atoms with Gasteiger partial charge in [0.15, 0.2) is 0 Å². The molecule has 0 spiro atoms. The smallest absolute Gasteiger partial charge is 0.244 e. The number of hydrogen-bond donors (Lipinski definition) is 1. The van der Waals surface area contributed by atoms with Crippen molar-refractivity contribution in [2.75, 3.05) is 19.6 Å². The first-order valence-corrected chi connectivity index (χ1v) is 6.65. The summed E-state index contributed by atoms with van der Waals surface area (Å²) in [5, 5.41) is 11.0. The lowest BCUT2D eigenvalue weighted by molar-refractivity contribution is -0.132. The van der Waals surface area contributed by atoms with Gasteiger partial charge in [-0.3, -0.25) is 4.79 Å². The molecular formula is C12H21N5O. The van der Waals surface area contributed by atoms with Gasteiger partial charge in [-0.25, -0.2) is 4.68 Å². The molecule has 1 atom stereocenters. The van der Waals surface area contributed by atoms with Crippen molar-refractivity contribution in [3.8, 4) is 0 Å². The lowest BCUT2D eigenvalue weighted by Gasteiger charge is -2.25. The van der Waals surface area contributed by atoms with Gasteiger partial charge in [-0.1, -0.05) is 12.1 Å². The standard InChI is InChI=1S/C12H21N5O/c1-2-7-16(9-11-4-3-5-13-11)12(18)10-17-8-6-14-15-17/h6,8,11,13H,2-5,7,9-10H2,1H3. The van der Waals surface area contributed by atoms with E-state index in [1.54, 1.807) is 17.1 Å². The van der Waals surface area contributed by atoms with Crippen LogP contribution in [0.1, 0.15) is 26.2 Å². The molecule has 6 nitrogen and oxygen atoms in total. The fourth-order valence-electron chi connectivity index (χ4n) is 2.32. The Morgan fingerprint density at radius 1 is 1.61 bits per heavy atom. The first-order chi connectivity index (χ1) is 8.79. The molecule has 2 rings (SSSR count). The minimum absolute atomic E-state index is 0.121. The minimum Gasteiger partial charge on any atom is -0.340 e. The monoisotopic (exact) mass is 251 g/mol. The highest BCUT2D eigenvalue weighted by Crippen LogP contribution is 2.08. The fraction of sp³-hybridized carbons (Fsp3) is 0.750. The van der Waals surface area contributed by atoms with E-state index in [0.29, 0.717) is 6.04 Å². The molecule has 1 fully saturated rings. The third-order valence-electron chi connectivity index (χ3n) is 3.22. The van der Waals surface area contributed by atoms with Crippen LogP contribution in [0.3, 0.4) is 0 Å². The van der Waals surface area contributed by atoms with E-state index in [0.717, 1.165) is 32.5 Å². The van der Waals surface area contributed by atoms with Crippen LogP contribution < -0.4 is 5.32 Å². The van der Waals surface area contributed by atoms with Crippen LogP contribution in [0.2, 0.25) is 0 Å². The summed E-state index contributed by atoms with van der Waals surface area (Å²) >= 11 is 0. The van der Waals surface area contributed by atoms with Gasteiger partial charge in [-0.05, 0) is 25.8 Å². The Bertz CT molecular complexity index is 359. The molecule has 0 radical (unpaired) electrons. The van der Waals surface area contributed by atoms with Crippen LogP contribution in [0, 0.1) is 0 Å². The van der Waals surface area contributed by atoms with Crippen LogP contribution >= 0.6 is 0 Å². The molecule has 100 valence electrons. The second-order valence-corrected chi connectivity index (χ2v) is 4.73. The van der Waals surface area contributed by atoms with Crippen molar-refractivity contribution in [2.45, 2.75) is 38.8 Å². The van der Waals surface area contributed by atoms with Crippen LogP contribution in [-0.4, -0.2) is 51.5 Å². The van der Waals surface area contributed by atoms with Gasteiger partial charge in [0, 0.05) is 25.3 Å². The quantitative estimate of drug-likeness (QED) is 0.788. The minimum atomic E-state index is 0.121. The van der Waals surface area contributed by atoms with E-state index in [9.17, 15) is 4.79 Å². The molecule has 1 aliphatic rings. The predicted molar refractivity (Wildman–Crippen MR) is 67.9 cm³/mol. The Kier molecular flexibility index (Phi) is 4.69. The van der Waals surface area contributed by atoms with Gasteiger partial charge in [0.1, 0.15) is 6.54 Å². The lowest BCUT2D eigenvalue weighted by Crippen LogP contribution is -2.42. The first-order valence-electron chi connectivity index (χ1n) is 6.65. The van der Waals surface area contributed by atoms with Crippen LogP contribution in [-0.2, 0) is 11.3 Å². The topological polar surface area (TPSA) is 63.1 Å². The normalized spacial score (nSPS) is 19.1. The summed E-state index contributed by atoms with van der Waals surface area (Å²) in [5.74, 6) is 0.121. The van der Waals surface area contributed by atoms with Crippen molar-refractivity contribution in [1.82, 2.24) is 25.2 Å². The van der Waals surface area contributed by atoms with Gasteiger partial charge < -0.3 is 10.2 Å². The van der Waals surface area contributed by atoms with Crippen LogP contribution in [0.4, 0.5) is 0 Å². The maximum atomic E-state index is 12.2. The first kappa shape index (κ1) is 13.0. The molecular weight excluding hydrogens is 230 g/mol. The molecule has 18 heavy (non-hydrogen) atoms. The van der Waals surface area contributed by atoms with Crippen molar-refractivity contribution in [1.29, 1.82) is 0 Å². The van der Waals surface area contributed by atoms with Crippen LogP contribution in [0.15, 0.2) is 12.4 Å². The summed E-state index contributed by atoms with van der Waals surface area (Å²) < 4.78 is 1.58. The lowest BCUT2D eigenvalue weighted by atomic mass is 10.2. The Labute approximate surface area is 107 Å². The summed E-state index contributed by atoms with van der Waals surface area (Å²) in [6.07, 6.45) is 6.67. The van der Waals surface area contributed by atoms with E-state index in [1.807, 2.05) is 4.90 Å². The van der Waals surface area contributed by atoms with Gasteiger partial charge in [0.05, 0.1) is 6.20 Å². The van der Waals surface area contributed by atoms with Crippen molar-refractivity contribution >= 4 is 5.91 Å². The third kappa shape index (κ3) is 3.53. The Morgan fingerprint density at radius 3 is 3.11 bits per heavy atom. The number of hydrogen-bond acceptors (Lipinski definition) is 4. The van der Waals surface area contributed by atoms with E-state index in [2.05, 4.69) is 22.6 Å². The molecule has 0 bridgehead atoms. The number of carbonyl (C=O) groups is 1. The van der Waals surface area contributed by atoms with Gasteiger partial charge in [0.2, 0.25) is 5.91 Å². The van der Waals surface area contributed by atoms with Crippen molar-refractivity contribution < 1.29 is 4.79 Å². The molecule has 1 saturated heterocycles. The molecule has 1 N–H and O–H groups in total. The number of carbonyl (C=O) groups excluding carboxylic acids is 1. The molecule has 1 unspecified atom stereocenters. The summed E-state index contributed by atoms with van der Waals surface area (Å²) in [4.78, 5) is 14.1. The van der Waals surface area contributed by atoms with Gasteiger partial charge in [0.25, 0.3) is 0 Å². The number of nitrogens with zero attached hydrogens (tertiary/aromatic N) is 4. The highest BCUT2D eigenvalue weighted by molar-refractivity contribution is 5.75. The van der Waals surface area contributed by atoms with E-state index in [4.69, 9.17) is 0 Å². The van der Waals surface area contributed by atoms with E-state index in [-0.39, 0.29) is 12.5 Å². The average molecular weight is 251 g/mol. The summed E-state index contributed by atoms with van der Waals surface area (Å²) in [6.45, 7) is 5.07. The third-order valence-corrected chi connectivity index (χ3v) is 3.22. The summed E-state index contributed by atoms with van der Waals surface area (Å²) in [6, 6.07) is 0.455. The summed E-state index contributed by atoms with van der Waals surface area (Å²) in [7, 11) is 0. The van der Waals surface area contributed by atoms with E-state index in [1.165, 1.54) is 6.42 Å². The Morgan fingerprint density at radius 2 is 2.50 bits per heavy atom. The summed E-state index contributed by atoms with van der Waals surface area (Å²) in [5.41, 5.74) is 0. The van der Waals surface area contributed by atoms with Crippen LogP contribution in [0.5, 0.6) is 0 Å². The molecule has 0 saturated carbocycles. The van der Waals surface area contributed by atoms with Gasteiger partial charge in [-0.2, -0.15) is 0 Å². The highest BCUT2D eigenvalue weighted by atomic mass is 16.2. The number of amides is 1. The van der Waals surface area contributed by atoms with Gasteiger partial charge >= 0.3 is 0 Å². The Hall–Kier alpha value is -1.43. The molecule has 0 aliphatic carbocycles. The largest absolute Gasteiger partial charge is 0.340 e. The number of rotatable bonds is 6. The predicted octanol–water partition coefficient (Wildman–Crippen LogP) is 0.269. The molecule has 0 aromatic carbocycles. The second kappa shape index (κ2) is 6.49. The Balaban J connectivity index is 1.88.